The van der Waals surface area contributed by atoms with Gasteiger partial charge in [-0.25, -0.2) is 9.78 Å². The fourth-order valence-corrected chi connectivity index (χ4v) is 4.68. The predicted octanol–water partition coefficient (Wildman–Crippen LogP) is 2.40. The maximum atomic E-state index is 13.1. The molecule has 0 radical (unpaired) electrons. The Morgan fingerprint density at radius 3 is 2.39 bits per heavy atom. The zero-order valence-corrected chi connectivity index (χ0v) is 19.4. The van der Waals surface area contributed by atoms with Crippen molar-refractivity contribution in [2.24, 2.45) is 14.1 Å². The molecule has 0 spiro atoms. The molecule has 3 aromatic rings. The van der Waals surface area contributed by atoms with Gasteiger partial charge in [0, 0.05) is 37.2 Å². The first-order valence-electron chi connectivity index (χ1n) is 10.1. The van der Waals surface area contributed by atoms with Crippen molar-refractivity contribution in [2.75, 3.05) is 13.1 Å². The van der Waals surface area contributed by atoms with Gasteiger partial charge >= 0.3 is 5.69 Å². The van der Waals surface area contributed by atoms with Gasteiger partial charge in [-0.2, -0.15) is 0 Å². The number of morpholine rings is 1. The molecule has 0 N–H and O–H groups in total. The van der Waals surface area contributed by atoms with E-state index in [1.807, 2.05) is 24.5 Å². The Morgan fingerprint density at radius 1 is 1.06 bits per heavy atom. The normalized spacial score (nSPS) is 19.9. The summed E-state index contributed by atoms with van der Waals surface area (Å²) in [4.78, 5) is 32.5. The topological polar surface area (TPSA) is 74.3 Å². The summed E-state index contributed by atoms with van der Waals surface area (Å²) in [5.41, 5.74) is 0.756. The van der Waals surface area contributed by atoms with Crippen LogP contribution in [0.25, 0.3) is 11.2 Å². The summed E-state index contributed by atoms with van der Waals surface area (Å²) in [6.45, 7) is 6.45. The zero-order chi connectivity index (χ0) is 22.4. The average Bonchev–Trinajstić information content (AvgIpc) is 3.04. The Morgan fingerprint density at radius 2 is 1.74 bits per heavy atom. The number of aryl methyl sites for hydroxylation is 1. The van der Waals surface area contributed by atoms with Crippen LogP contribution in [-0.4, -0.2) is 48.9 Å². The molecule has 0 saturated carbocycles. The van der Waals surface area contributed by atoms with Gasteiger partial charge in [0.15, 0.2) is 11.2 Å². The molecule has 3 heterocycles. The lowest BCUT2D eigenvalue weighted by Crippen LogP contribution is -2.45. The third-order valence-electron chi connectivity index (χ3n) is 5.63. The molecule has 1 fully saturated rings. The fraction of sp³-hybridized carbons (Fsp3) is 0.476. The van der Waals surface area contributed by atoms with E-state index in [1.165, 1.54) is 11.6 Å². The molecule has 0 aliphatic carbocycles. The van der Waals surface area contributed by atoms with Gasteiger partial charge in [-0.3, -0.25) is 18.8 Å². The highest BCUT2D eigenvalue weighted by Crippen LogP contribution is 2.24. The van der Waals surface area contributed by atoms with Crippen molar-refractivity contribution in [3.8, 4) is 0 Å². The molecular weight excluding hydrogens is 441 g/mol. The summed E-state index contributed by atoms with van der Waals surface area (Å²) in [5, 5.41) is 1.05. The van der Waals surface area contributed by atoms with Crippen molar-refractivity contribution < 1.29 is 4.74 Å². The van der Waals surface area contributed by atoms with Crippen molar-refractivity contribution in [1.82, 2.24) is 23.6 Å². The quantitative estimate of drug-likeness (QED) is 0.591. The van der Waals surface area contributed by atoms with E-state index in [2.05, 4.69) is 4.90 Å². The molecule has 10 heteroatoms. The van der Waals surface area contributed by atoms with Gasteiger partial charge in [0.2, 0.25) is 0 Å². The number of rotatable bonds is 4. The third-order valence-corrected chi connectivity index (χ3v) is 6.22. The largest absolute Gasteiger partial charge is 0.373 e. The summed E-state index contributed by atoms with van der Waals surface area (Å²) in [6, 6.07) is 5.28. The summed E-state index contributed by atoms with van der Waals surface area (Å²) >= 11 is 12.5. The van der Waals surface area contributed by atoms with Crippen LogP contribution in [0.2, 0.25) is 10.0 Å². The number of hydrogen-bond donors (Lipinski definition) is 0. The Labute approximate surface area is 189 Å². The second-order valence-electron chi connectivity index (χ2n) is 8.18. The SMILES string of the molecule is C[C@H]1CN(Cc2nc3c(c(=O)n(C)c(=O)n3C)n2Cc2ccc(Cl)cc2Cl)C[C@H](C)O1. The van der Waals surface area contributed by atoms with Crippen molar-refractivity contribution in [3.63, 3.8) is 0 Å². The van der Waals surface area contributed by atoms with Crippen LogP contribution in [0.1, 0.15) is 25.2 Å². The first-order chi connectivity index (χ1) is 14.7. The first-order valence-corrected chi connectivity index (χ1v) is 10.9. The van der Waals surface area contributed by atoms with Crippen LogP contribution in [-0.2, 0) is 31.9 Å². The summed E-state index contributed by atoms with van der Waals surface area (Å²) in [6.07, 6.45) is 0.203. The Balaban J connectivity index is 1.87. The van der Waals surface area contributed by atoms with E-state index in [-0.39, 0.29) is 17.8 Å². The van der Waals surface area contributed by atoms with Crippen LogP contribution < -0.4 is 11.2 Å². The van der Waals surface area contributed by atoms with E-state index in [4.69, 9.17) is 32.9 Å². The summed E-state index contributed by atoms with van der Waals surface area (Å²) in [5.74, 6) is 0.695. The highest BCUT2D eigenvalue weighted by atomic mass is 35.5. The van der Waals surface area contributed by atoms with Gasteiger partial charge in [-0.1, -0.05) is 29.3 Å². The first kappa shape index (κ1) is 22.1. The molecule has 1 aliphatic rings. The number of ether oxygens (including phenoxy) is 1. The number of nitrogens with zero attached hydrogens (tertiary/aromatic N) is 5. The highest BCUT2D eigenvalue weighted by molar-refractivity contribution is 6.35. The molecule has 4 rings (SSSR count). The lowest BCUT2D eigenvalue weighted by atomic mass is 10.2. The second-order valence-corrected chi connectivity index (χ2v) is 9.02. The molecule has 2 aromatic heterocycles. The maximum Gasteiger partial charge on any atom is 0.332 e. The van der Waals surface area contributed by atoms with Gasteiger partial charge in [-0.05, 0) is 31.5 Å². The average molecular weight is 466 g/mol. The number of fused-ring (bicyclic) bond motifs is 1. The molecule has 0 unspecified atom stereocenters. The van der Waals surface area contributed by atoms with Crippen LogP contribution in [0.5, 0.6) is 0 Å². The molecule has 1 saturated heterocycles. The van der Waals surface area contributed by atoms with E-state index < -0.39 is 5.69 Å². The second kappa shape index (κ2) is 8.43. The van der Waals surface area contributed by atoms with Crippen molar-refractivity contribution in [2.45, 2.75) is 39.1 Å². The van der Waals surface area contributed by atoms with Gasteiger partial charge in [0.25, 0.3) is 5.56 Å². The van der Waals surface area contributed by atoms with Gasteiger partial charge in [0.1, 0.15) is 5.82 Å². The number of imidazole rings is 1. The molecule has 31 heavy (non-hydrogen) atoms. The Bertz CT molecular complexity index is 1250. The number of halogens is 2. The smallest absolute Gasteiger partial charge is 0.332 e. The van der Waals surface area contributed by atoms with Crippen LogP contribution in [0, 0.1) is 0 Å². The van der Waals surface area contributed by atoms with Crippen molar-refractivity contribution >= 4 is 34.4 Å². The minimum Gasteiger partial charge on any atom is -0.373 e. The van der Waals surface area contributed by atoms with Gasteiger partial charge < -0.3 is 9.30 Å². The molecular formula is C21H25Cl2N5O3. The minimum absolute atomic E-state index is 0.101. The van der Waals surface area contributed by atoms with E-state index in [0.29, 0.717) is 40.1 Å². The van der Waals surface area contributed by atoms with E-state index in [9.17, 15) is 9.59 Å². The lowest BCUT2D eigenvalue weighted by molar-refractivity contribution is -0.0712. The molecule has 1 aromatic carbocycles. The Hall–Kier alpha value is -2.13. The fourth-order valence-electron chi connectivity index (χ4n) is 4.22. The van der Waals surface area contributed by atoms with Crippen molar-refractivity contribution in [3.05, 3.63) is 60.5 Å². The standard InChI is InChI=1S/C21H25Cl2N5O3/c1-12-8-27(9-13(2)31-12)11-17-24-19-18(20(29)26(4)21(30)25(19)3)28(17)10-14-5-6-15(22)7-16(14)23/h5-7,12-13H,8-11H2,1-4H3/t12-,13-/m0/s1. The molecule has 166 valence electrons. The van der Waals surface area contributed by atoms with Crippen LogP contribution >= 0.6 is 23.2 Å². The number of hydrogen-bond acceptors (Lipinski definition) is 5. The minimum atomic E-state index is -0.410. The van der Waals surface area contributed by atoms with Gasteiger partial charge in [-0.15, -0.1) is 0 Å². The molecule has 1 aliphatic heterocycles. The molecule has 8 nitrogen and oxygen atoms in total. The van der Waals surface area contributed by atoms with Gasteiger partial charge in [0.05, 0.1) is 25.3 Å². The molecule has 0 amide bonds. The lowest BCUT2D eigenvalue weighted by Gasteiger charge is -2.35. The monoisotopic (exact) mass is 465 g/mol. The van der Waals surface area contributed by atoms with E-state index in [0.717, 1.165) is 23.2 Å². The van der Waals surface area contributed by atoms with Crippen LogP contribution in [0.3, 0.4) is 0 Å². The zero-order valence-electron chi connectivity index (χ0n) is 17.9. The summed E-state index contributed by atoms with van der Waals surface area (Å²) < 4.78 is 10.2. The highest BCUT2D eigenvalue weighted by Gasteiger charge is 2.26. The Kier molecular flexibility index (Phi) is 6.00. The van der Waals surface area contributed by atoms with Crippen molar-refractivity contribution in [1.29, 1.82) is 0 Å². The van der Waals surface area contributed by atoms with Crippen LogP contribution in [0.4, 0.5) is 0 Å². The van der Waals surface area contributed by atoms with Crippen LogP contribution in [0.15, 0.2) is 27.8 Å². The van der Waals surface area contributed by atoms with E-state index in [1.54, 1.807) is 19.2 Å². The maximum absolute atomic E-state index is 13.1. The van der Waals surface area contributed by atoms with E-state index >= 15 is 0 Å². The third kappa shape index (κ3) is 4.17. The molecule has 2 atom stereocenters. The number of aromatic nitrogens is 4. The molecule has 0 bridgehead atoms. The summed E-state index contributed by atoms with van der Waals surface area (Å²) in [7, 11) is 3.10. The number of benzene rings is 1. The predicted molar refractivity (Wildman–Crippen MR) is 121 cm³/mol.